The summed E-state index contributed by atoms with van der Waals surface area (Å²) in [4.78, 5) is 0. The van der Waals surface area contributed by atoms with E-state index in [1.54, 1.807) is 0 Å². The van der Waals surface area contributed by atoms with Crippen LogP contribution in [0.4, 0.5) is 0 Å². The van der Waals surface area contributed by atoms with Gasteiger partial charge in [-0.1, -0.05) is 146 Å². The Labute approximate surface area is 208 Å². The first kappa shape index (κ1) is 33.1. The minimum Gasteiger partial charge on any atom is -0.0809 e. The molecular formula is C33H54. The summed E-state index contributed by atoms with van der Waals surface area (Å²) in [7, 11) is 0. The van der Waals surface area contributed by atoms with E-state index < -0.39 is 0 Å². The molecule has 0 heterocycles. The molecule has 0 N–H and O–H groups in total. The summed E-state index contributed by atoms with van der Waals surface area (Å²) in [6, 6.07) is 10.8. The van der Waals surface area contributed by atoms with Crippen LogP contribution < -0.4 is 0 Å². The van der Waals surface area contributed by atoms with Gasteiger partial charge in [-0.15, -0.1) is 0 Å². The predicted octanol–water partition coefficient (Wildman–Crippen LogP) is 11.1. The molecule has 3 rings (SSSR count). The summed E-state index contributed by atoms with van der Waals surface area (Å²) >= 11 is 0. The van der Waals surface area contributed by atoms with Crippen molar-refractivity contribution < 1.29 is 0 Å². The van der Waals surface area contributed by atoms with Crippen molar-refractivity contribution in [2.45, 2.75) is 101 Å². The topological polar surface area (TPSA) is 0 Å². The minimum atomic E-state index is 0.730. The lowest BCUT2D eigenvalue weighted by atomic mass is 9.89. The molecule has 1 aromatic carbocycles. The van der Waals surface area contributed by atoms with Crippen molar-refractivity contribution in [3.05, 3.63) is 95.1 Å². The Hall–Kier alpha value is -2.08. The average Bonchev–Trinajstić information content (AvgIpc) is 3.39. The van der Waals surface area contributed by atoms with Gasteiger partial charge in [0.05, 0.1) is 0 Å². The van der Waals surface area contributed by atoms with Crippen molar-refractivity contribution in [2.24, 2.45) is 11.8 Å². The fraction of sp³-hybridized carbons (Fsp3) is 0.515. The largest absolute Gasteiger partial charge is 0.0809 e. The number of hydrogen-bond donors (Lipinski definition) is 0. The Morgan fingerprint density at radius 2 is 1.33 bits per heavy atom. The second kappa shape index (κ2) is 23.1. The molecule has 0 bridgehead atoms. The lowest BCUT2D eigenvalue weighted by molar-refractivity contribution is 0.548. The molecule has 0 radical (unpaired) electrons. The maximum atomic E-state index is 2.32. The van der Waals surface area contributed by atoms with Gasteiger partial charge in [-0.05, 0) is 62.5 Å². The molecule has 2 aliphatic rings. The van der Waals surface area contributed by atoms with Crippen LogP contribution in [0.3, 0.4) is 0 Å². The summed E-state index contributed by atoms with van der Waals surface area (Å²) in [5.41, 5.74) is 5.78. The van der Waals surface area contributed by atoms with E-state index in [2.05, 4.69) is 114 Å². The lowest BCUT2D eigenvalue weighted by Crippen LogP contribution is -2.05. The molecule has 0 fully saturated rings. The van der Waals surface area contributed by atoms with E-state index in [4.69, 9.17) is 0 Å². The van der Waals surface area contributed by atoms with E-state index in [1.807, 2.05) is 27.7 Å². The highest BCUT2D eigenvalue weighted by Crippen LogP contribution is 2.21. The van der Waals surface area contributed by atoms with E-state index in [1.165, 1.54) is 54.4 Å². The highest BCUT2D eigenvalue weighted by atomic mass is 14.1. The second-order valence-electron chi connectivity index (χ2n) is 8.34. The van der Waals surface area contributed by atoms with E-state index >= 15 is 0 Å². The Morgan fingerprint density at radius 1 is 0.788 bits per heavy atom. The maximum absolute atomic E-state index is 2.32. The van der Waals surface area contributed by atoms with Gasteiger partial charge < -0.3 is 0 Å². The number of aryl methyl sites for hydroxylation is 1. The molecule has 2 atom stereocenters. The van der Waals surface area contributed by atoms with Crippen LogP contribution in [0.5, 0.6) is 0 Å². The smallest absolute Gasteiger partial charge is 0.0196 e. The summed E-state index contributed by atoms with van der Waals surface area (Å²) < 4.78 is 0. The van der Waals surface area contributed by atoms with Gasteiger partial charge >= 0.3 is 0 Å². The van der Waals surface area contributed by atoms with Crippen LogP contribution in [0.15, 0.2) is 89.6 Å². The molecule has 0 heteroatoms. The molecule has 2 aliphatic carbocycles. The molecule has 0 aliphatic heterocycles. The molecule has 186 valence electrons. The summed E-state index contributed by atoms with van der Waals surface area (Å²) in [5, 5.41) is 0. The lowest BCUT2D eigenvalue weighted by Gasteiger charge is -2.16. The molecule has 0 nitrogen and oxygen atoms in total. The van der Waals surface area contributed by atoms with E-state index in [-0.39, 0.29) is 0 Å². The van der Waals surface area contributed by atoms with Crippen molar-refractivity contribution in [3.8, 4) is 0 Å². The molecule has 0 amide bonds. The monoisotopic (exact) mass is 450 g/mol. The normalized spacial score (nSPS) is 17.2. The van der Waals surface area contributed by atoms with E-state index in [9.17, 15) is 0 Å². The Morgan fingerprint density at radius 3 is 1.82 bits per heavy atom. The van der Waals surface area contributed by atoms with Gasteiger partial charge in [-0.2, -0.15) is 0 Å². The first-order valence-corrected chi connectivity index (χ1v) is 13.4. The SMILES string of the molecule is CC.CC.CC(CCCCc1ccccc1)=C1C=CC=C1.CC1=CC(C)C(C)C=C1.CCC. The number of hydrogen-bond acceptors (Lipinski definition) is 0. The van der Waals surface area contributed by atoms with Gasteiger partial charge in [0, 0.05) is 0 Å². The van der Waals surface area contributed by atoms with Crippen molar-refractivity contribution in [3.63, 3.8) is 0 Å². The summed E-state index contributed by atoms with van der Waals surface area (Å²) in [6.07, 6.45) is 21.7. The fourth-order valence-electron chi connectivity index (χ4n) is 3.27. The molecular weight excluding hydrogens is 396 g/mol. The van der Waals surface area contributed by atoms with Gasteiger partial charge in [0.15, 0.2) is 0 Å². The van der Waals surface area contributed by atoms with Crippen LogP contribution >= 0.6 is 0 Å². The Bertz CT molecular complexity index is 696. The zero-order valence-electron chi connectivity index (χ0n) is 23.6. The third-order valence-corrected chi connectivity index (χ3v) is 5.28. The van der Waals surface area contributed by atoms with E-state index in [0.717, 1.165) is 11.8 Å². The summed E-state index contributed by atoms with van der Waals surface area (Å²) in [6.45, 7) is 21.2. The van der Waals surface area contributed by atoms with Gasteiger partial charge in [0.25, 0.3) is 0 Å². The van der Waals surface area contributed by atoms with Gasteiger partial charge in [-0.3, -0.25) is 0 Å². The van der Waals surface area contributed by atoms with Crippen LogP contribution in [0, 0.1) is 11.8 Å². The van der Waals surface area contributed by atoms with Crippen molar-refractivity contribution >= 4 is 0 Å². The highest BCUT2D eigenvalue weighted by molar-refractivity contribution is 5.42. The van der Waals surface area contributed by atoms with Gasteiger partial charge in [0.1, 0.15) is 0 Å². The third kappa shape index (κ3) is 17.1. The van der Waals surface area contributed by atoms with E-state index in [0.29, 0.717) is 0 Å². The standard InChI is InChI=1S/C17H20.C9H14.C3H8.2C2H6/c1-15(17-13-7-8-14-17)9-5-6-12-16-10-3-2-4-11-16;1-7-4-5-8(2)9(3)6-7;1-3-2;2*1-2/h2-4,7-8,10-11,13-14H,5-6,9,12H2,1H3;4-6,8-9H,1-3H3;3H2,1-2H3;2*1-2H3. The highest BCUT2D eigenvalue weighted by Gasteiger charge is 2.08. The molecule has 0 aromatic heterocycles. The first-order chi connectivity index (χ1) is 16.0. The zero-order chi connectivity index (χ0) is 25.5. The molecule has 2 unspecified atom stereocenters. The van der Waals surface area contributed by atoms with Crippen LogP contribution in [0.2, 0.25) is 0 Å². The quantitative estimate of drug-likeness (QED) is 0.391. The zero-order valence-corrected chi connectivity index (χ0v) is 23.6. The molecule has 0 spiro atoms. The average molecular weight is 451 g/mol. The Balaban J connectivity index is 0. The van der Waals surface area contributed by atoms with Crippen molar-refractivity contribution in [2.75, 3.05) is 0 Å². The number of rotatable bonds is 5. The third-order valence-electron chi connectivity index (χ3n) is 5.28. The molecule has 0 saturated heterocycles. The van der Waals surface area contributed by atoms with Crippen molar-refractivity contribution in [1.82, 2.24) is 0 Å². The van der Waals surface area contributed by atoms with Crippen LogP contribution in [0.25, 0.3) is 0 Å². The van der Waals surface area contributed by atoms with Gasteiger partial charge in [0.2, 0.25) is 0 Å². The van der Waals surface area contributed by atoms with Crippen molar-refractivity contribution in [1.29, 1.82) is 0 Å². The number of unbranched alkanes of at least 4 members (excludes halogenated alkanes) is 1. The predicted molar refractivity (Wildman–Crippen MR) is 155 cm³/mol. The first-order valence-electron chi connectivity index (χ1n) is 13.4. The fourth-order valence-corrected chi connectivity index (χ4v) is 3.27. The number of benzene rings is 1. The minimum absolute atomic E-state index is 0.730. The Kier molecular flexibility index (Phi) is 23.2. The van der Waals surface area contributed by atoms with Crippen LogP contribution in [-0.2, 0) is 6.42 Å². The van der Waals surface area contributed by atoms with Crippen LogP contribution in [0.1, 0.15) is 100 Å². The van der Waals surface area contributed by atoms with Gasteiger partial charge in [-0.25, -0.2) is 0 Å². The molecule has 1 aromatic rings. The maximum Gasteiger partial charge on any atom is -0.0196 e. The molecule has 33 heavy (non-hydrogen) atoms. The second-order valence-corrected chi connectivity index (χ2v) is 8.34. The molecule has 0 saturated carbocycles. The summed E-state index contributed by atoms with van der Waals surface area (Å²) in [5.74, 6) is 1.46. The van der Waals surface area contributed by atoms with Crippen LogP contribution in [-0.4, -0.2) is 0 Å². The number of allylic oxidation sites excluding steroid dienone is 10.